The Morgan fingerprint density at radius 1 is 1.56 bits per heavy atom. The van der Waals surface area contributed by atoms with Crippen LogP contribution in [0.5, 0.6) is 0 Å². The van der Waals surface area contributed by atoms with E-state index >= 15 is 0 Å². The monoisotopic (exact) mass is 250 g/mol. The van der Waals surface area contributed by atoms with Gasteiger partial charge in [0.25, 0.3) is 0 Å². The molecule has 1 saturated heterocycles. The number of rotatable bonds is 1. The van der Waals surface area contributed by atoms with E-state index in [-0.39, 0.29) is 30.0 Å². The normalized spacial score (nSPS) is 47.4. The Kier molecular flexibility index (Phi) is 2.77. The van der Waals surface area contributed by atoms with Crippen LogP contribution in [0.2, 0.25) is 0 Å². The van der Waals surface area contributed by atoms with E-state index in [4.69, 9.17) is 4.74 Å². The van der Waals surface area contributed by atoms with Gasteiger partial charge in [-0.25, -0.2) is 4.79 Å². The Hall–Kier alpha value is -0.830. The van der Waals surface area contributed by atoms with Gasteiger partial charge >= 0.3 is 5.97 Å². The molecule has 0 aromatic heterocycles. The molecular formula is C15H22O3. The minimum absolute atomic E-state index is 0.0451. The van der Waals surface area contributed by atoms with Gasteiger partial charge in [0, 0.05) is 18.1 Å². The zero-order valence-corrected chi connectivity index (χ0v) is 11.0. The van der Waals surface area contributed by atoms with E-state index in [0.717, 1.165) is 19.3 Å². The summed E-state index contributed by atoms with van der Waals surface area (Å²) in [4.78, 5) is 11.6. The Balaban J connectivity index is 1.88. The summed E-state index contributed by atoms with van der Waals surface area (Å²) >= 11 is 0. The van der Waals surface area contributed by atoms with Crippen LogP contribution in [0.3, 0.4) is 0 Å². The average Bonchev–Trinajstić information content (AvgIpc) is 2.60. The first-order valence-corrected chi connectivity index (χ1v) is 7.06. The standard InChI is InChI=1S/C15H22O3/c1-9-11-6-12-10(8-16)4-3-5-15(12,2)7-13(11)18-14(9)17/h10-13,16H,1,3-8H2,2H3/t10?,11-,12?,13-,15-/m1/s1. The molecule has 2 saturated carbocycles. The van der Waals surface area contributed by atoms with Crippen LogP contribution >= 0.6 is 0 Å². The van der Waals surface area contributed by atoms with Gasteiger partial charge in [-0.15, -0.1) is 0 Å². The predicted molar refractivity (Wildman–Crippen MR) is 67.8 cm³/mol. The van der Waals surface area contributed by atoms with E-state index in [1.165, 1.54) is 12.8 Å². The van der Waals surface area contributed by atoms with Crippen molar-refractivity contribution in [1.82, 2.24) is 0 Å². The van der Waals surface area contributed by atoms with E-state index in [2.05, 4.69) is 13.5 Å². The van der Waals surface area contributed by atoms with Crippen LogP contribution < -0.4 is 0 Å². The first kappa shape index (κ1) is 12.2. The van der Waals surface area contributed by atoms with E-state index in [1.54, 1.807) is 0 Å². The molecule has 0 bridgehead atoms. The molecule has 0 aromatic rings. The molecule has 3 fully saturated rings. The number of fused-ring (bicyclic) bond motifs is 2. The number of esters is 1. The van der Waals surface area contributed by atoms with Crippen molar-refractivity contribution in [1.29, 1.82) is 0 Å². The van der Waals surface area contributed by atoms with Crippen LogP contribution in [-0.4, -0.2) is 23.8 Å². The largest absolute Gasteiger partial charge is 0.458 e. The maximum absolute atomic E-state index is 11.6. The second kappa shape index (κ2) is 4.09. The molecule has 3 aliphatic rings. The van der Waals surface area contributed by atoms with Crippen LogP contribution in [0.15, 0.2) is 12.2 Å². The maximum Gasteiger partial charge on any atom is 0.334 e. The average molecular weight is 250 g/mol. The van der Waals surface area contributed by atoms with E-state index in [1.807, 2.05) is 0 Å². The first-order valence-electron chi connectivity index (χ1n) is 7.06. The zero-order chi connectivity index (χ0) is 12.9. The quantitative estimate of drug-likeness (QED) is 0.574. The lowest BCUT2D eigenvalue weighted by atomic mass is 9.54. The molecule has 2 unspecified atom stereocenters. The minimum atomic E-state index is -0.201. The number of carbonyl (C=O) groups excluding carboxylic acids is 1. The molecule has 5 atom stereocenters. The van der Waals surface area contributed by atoms with Crippen molar-refractivity contribution in [2.45, 2.75) is 45.1 Å². The Morgan fingerprint density at radius 2 is 2.33 bits per heavy atom. The SMILES string of the molecule is C=C1C(=O)O[C@@H]2C[C@@]3(C)CCCC(CO)C3C[C@H]12. The third kappa shape index (κ3) is 1.63. The molecule has 18 heavy (non-hydrogen) atoms. The molecular weight excluding hydrogens is 228 g/mol. The van der Waals surface area contributed by atoms with Gasteiger partial charge in [-0.2, -0.15) is 0 Å². The van der Waals surface area contributed by atoms with Crippen LogP contribution in [0.1, 0.15) is 39.0 Å². The topological polar surface area (TPSA) is 46.5 Å². The number of hydrogen-bond acceptors (Lipinski definition) is 3. The second-order valence-electron chi connectivity index (χ2n) is 6.61. The zero-order valence-electron chi connectivity index (χ0n) is 11.0. The minimum Gasteiger partial charge on any atom is -0.458 e. The summed E-state index contributed by atoms with van der Waals surface area (Å²) in [6.07, 6.45) is 5.46. The molecule has 100 valence electrons. The van der Waals surface area contributed by atoms with Crippen LogP contribution in [0.25, 0.3) is 0 Å². The van der Waals surface area contributed by atoms with Gasteiger partial charge < -0.3 is 9.84 Å². The van der Waals surface area contributed by atoms with Crippen molar-refractivity contribution >= 4 is 5.97 Å². The fraction of sp³-hybridized carbons (Fsp3) is 0.800. The molecule has 0 aromatic carbocycles. The third-order valence-electron chi connectivity index (χ3n) is 5.61. The lowest BCUT2D eigenvalue weighted by Gasteiger charge is -2.51. The smallest absolute Gasteiger partial charge is 0.334 e. The fourth-order valence-corrected chi connectivity index (χ4v) is 4.55. The summed E-state index contributed by atoms with van der Waals surface area (Å²) in [5.41, 5.74) is 0.891. The molecule has 1 aliphatic heterocycles. The molecule has 3 rings (SSSR count). The molecule has 0 spiro atoms. The fourth-order valence-electron chi connectivity index (χ4n) is 4.55. The molecule has 0 amide bonds. The van der Waals surface area contributed by atoms with Crippen molar-refractivity contribution in [3.63, 3.8) is 0 Å². The van der Waals surface area contributed by atoms with Crippen LogP contribution in [0, 0.1) is 23.2 Å². The molecule has 2 aliphatic carbocycles. The highest BCUT2D eigenvalue weighted by molar-refractivity contribution is 5.90. The number of hydrogen-bond donors (Lipinski definition) is 1. The Morgan fingerprint density at radius 3 is 3.06 bits per heavy atom. The lowest BCUT2D eigenvalue weighted by molar-refractivity contribution is -0.144. The summed E-state index contributed by atoms with van der Waals surface area (Å²) < 4.78 is 5.46. The van der Waals surface area contributed by atoms with E-state index in [0.29, 0.717) is 17.4 Å². The van der Waals surface area contributed by atoms with Gasteiger partial charge in [0.2, 0.25) is 0 Å². The summed E-state index contributed by atoms with van der Waals surface area (Å²) in [5, 5.41) is 9.58. The molecule has 0 radical (unpaired) electrons. The van der Waals surface area contributed by atoms with Crippen molar-refractivity contribution < 1.29 is 14.6 Å². The Labute approximate surface area is 108 Å². The first-order chi connectivity index (χ1) is 8.55. The summed E-state index contributed by atoms with van der Waals surface area (Å²) in [7, 11) is 0. The molecule has 3 nitrogen and oxygen atoms in total. The highest BCUT2D eigenvalue weighted by Crippen LogP contribution is 2.56. The maximum atomic E-state index is 11.6. The van der Waals surface area contributed by atoms with Crippen molar-refractivity contribution in [2.24, 2.45) is 23.2 Å². The third-order valence-corrected chi connectivity index (χ3v) is 5.61. The summed E-state index contributed by atoms with van der Waals surface area (Å²) in [5.74, 6) is 0.910. The van der Waals surface area contributed by atoms with Gasteiger partial charge in [-0.3, -0.25) is 0 Å². The number of ether oxygens (including phenoxy) is 1. The molecule has 1 N–H and O–H groups in total. The Bertz CT molecular complexity index is 389. The lowest BCUT2D eigenvalue weighted by Crippen LogP contribution is -2.47. The second-order valence-corrected chi connectivity index (χ2v) is 6.61. The number of aliphatic hydroxyl groups excluding tert-OH is 1. The highest BCUT2D eigenvalue weighted by atomic mass is 16.6. The molecule has 1 heterocycles. The van der Waals surface area contributed by atoms with Gasteiger partial charge in [-0.05, 0) is 42.9 Å². The van der Waals surface area contributed by atoms with Gasteiger partial charge in [0.05, 0.1) is 0 Å². The van der Waals surface area contributed by atoms with Crippen molar-refractivity contribution in [2.75, 3.05) is 6.61 Å². The number of aliphatic hydroxyl groups is 1. The van der Waals surface area contributed by atoms with E-state index < -0.39 is 0 Å². The summed E-state index contributed by atoms with van der Waals surface area (Å²) in [6.45, 7) is 6.48. The molecule has 3 heteroatoms. The predicted octanol–water partition coefficient (Wildman–Crippen LogP) is 2.29. The van der Waals surface area contributed by atoms with E-state index in [9.17, 15) is 9.90 Å². The van der Waals surface area contributed by atoms with Crippen molar-refractivity contribution in [3.05, 3.63) is 12.2 Å². The van der Waals surface area contributed by atoms with Crippen LogP contribution in [0.4, 0.5) is 0 Å². The van der Waals surface area contributed by atoms with Gasteiger partial charge in [0.1, 0.15) is 6.10 Å². The van der Waals surface area contributed by atoms with Gasteiger partial charge in [-0.1, -0.05) is 19.9 Å². The highest BCUT2D eigenvalue weighted by Gasteiger charge is 2.53. The summed E-state index contributed by atoms with van der Waals surface area (Å²) in [6, 6.07) is 0. The van der Waals surface area contributed by atoms with Crippen molar-refractivity contribution in [3.8, 4) is 0 Å². The van der Waals surface area contributed by atoms with Gasteiger partial charge in [0.15, 0.2) is 0 Å². The number of carbonyl (C=O) groups is 1. The van der Waals surface area contributed by atoms with Crippen LogP contribution in [-0.2, 0) is 9.53 Å².